The fraction of sp³-hybridized carbons (Fsp3) is 0.296. The van der Waals surface area contributed by atoms with Gasteiger partial charge in [-0.3, -0.25) is 4.79 Å². The molecule has 2 aromatic heterocycles. The molecule has 3 heterocycles. The van der Waals surface area contributed by atoms with Gasteiger partial charge in [0.15, 0.2) is 11.4 Å². The monoisotopic (exact) mass is 616 g/mol. The van der Waals surface area contributed by atoms with Gasteiger partial charge in [-0.25, -0.2) is 25.4 Å². The van der Waals surface area contributed by atoms with E-state index in [4.69, 9.17) is 33.8 Å². The summed E-state index contributed by atoms with van der Waals surface area (Å²) in [5.41, 5.74) is 8.73. The Labute approximate surface area is 256 Å². The number of nitrogens with two attached hydrogens (primary N) is 1. The summed E-state index contributed by atoms with van der Waals surface area (Å²) in [6, 6.07) is 7.66. The molecular formula is C27H37ClN10O3S. The maximum absolute atomic E-state index is 10.8. The number of thiocarbonyl (C=S) groups is 1. The second-order valence-corrected chi connectivity index (χ2v) is 9.01. The van der Waals surface area contributed by atoms with Crippen molar-refractivity contribution >= 4 is 65.7 Å². The molecule has 0 amide bonds. The summed E-state index contributed by atoms with van der Waals surface area (Å²) in [4.78, 5) is 40.7. The second kappa shape index (κ2) is 19.9. The van der Waals surface area contributed by atoms with Crippen molar-refractivity contribution in [3.8, 4) is 0 Å². The predicted molar refractivity (Wildman–Crippen MR) is 171 cm³/mol. The van der Waals surface area contributed by atoms with Gasteiger partial charge in [-0.2, -0.15) is 0 Å². The van der Waals surface area contributed by atoms with Gasteiger partial charge in [0.1, 0.15) is 24.2 Å². The van der Waals surface area contributed by atoms with E-state index in [1.54, 1.807) is 11.7 Å². The lowest BCUT2D eigenvalue weighted by molar-refractivity contribution is -0.0980. The van der Waals surface area contributed by atoms with Crippen molar-refractivity contribution < 1.29 is 14.8 Å². The van der Waals surface area contributed by atoms with Crippen LogP contribution in [0.1, 0.15) is 27.3 Å². The van der Waals surface area contributed by atoms with E-state index in [0.29, 0.717) is 33.3 Å². The molecular weight excluding hydrogens is 580 g/mol. The van der Waals surface area contributed by atoms with E-state index in [0.717, 1.165) is 49.4 Å². The number of halogens is 1. The van der Waals surface area contributed by atoms with Crippen molar-refractivity contribution in [3.05, 3.63) is 70.4 Å². The van der Waals surface area contributed by atoms with Crippen LogP contribution in [0.5, 0.6) is 0 Å². The van der Waals surface area contributed by atoms with Gasteiger partial charge >= 0.3 is 0 Å². The molecule has 42 heavy (non-hydrogen) atoms. The summed E-state index contributed by atoms with van der Waals surface area (Å²) < 4.78 is 0. The van der Waals surface area contributed by atoms with Crippen molar-refractivity contribution in [2.75, 3.05) is 55.4 Å². The quantitative estimate of drug-likeness (QED) is 0.155. The Hall–Kier alpha value is -4.08. The predicted octanol–water partition coefficient (Wildman–Crippen LogP) is 2.62. The summed E-state index contributed by atoms with van der Waals surface area (Å²) in [5, 5.41) is 14.6. The number of aldehydes is 1. The molecule has 15 heteroatoms. The van der Waals surface area contributed by atoms with E-state index in [1.165, 1.54) is 26.5 Å². The minimum atomic E-state index is 0.413. The number of nitrogens with one attached hydrogen (secondary N) is 3. The second-order valence-electron chi connectivity index (χ2n) is 8.19. The normalized spacial score (nSPS) is 12.1. The third kappa shape index (κ3) is 11.4. The number of benzene rings is 1. The molecule has 1 saturated heterocycles. The molecule has 226 valence electrons. The minimum Gasteiger partial charge on any atom is -0.353 e. The van der Waals surface area contributed by atoms with Crippen LogP contribution in [0.3, 0.4) is 0 Å². The molecule has 0 atom stereocenters. The Kier molecular flexibility index (Phi) is 17.0. The molecule has 6 N–H and O–H groups in total. The molecule has 0 bridgehead atoms. The van der Waals surface area contributed by atoms with Gasteiger partial charge in [-0.1, -0.05) is 23.7 Å². The van der Waals surface area contributed by atoms with Gasteiger partial charge in [-0.05, 0) is 56.4 Å². The van der Waals surface area contributed by atoms with Crippen molar-refractivity contribution in [3.63, 3.8) is 0 Å². The zero-order valence-corrected chi connectivity index (χ0v) is 25.6. The molecule has 1 aromatic carbocycles. The molecule has 3 aromatic rings. The number of rotatable bonds is 6. The number of carbonyl (C=O) groups excluding carboxylic acids is 2. The first kappa shape index (κ1) is 35.9. The number of aryl methyl sites for hydroxylation is 2. The highest BCUT2D eigenvalue weighted by Crippen LogP contribution is 2.21. The average molecular weight is 617 g/mol. The van der Waals surface area contributed by atoms with Gasteiger partial charge < -0.3 is 36.2 Å². The van der Waals surface area contributed by atoms with Crippen LogP contribution in [0.4, 0.5) is 17.6 Å². The fourth-order valence-electron chi connectivity index (χ4n) is 3.68. The molecule has 4 rings (SSSR count). The number of hydrogen-bond acceptors (Lipinski definition) is 12. The van der Waals surface area contributed by atoms with Crippen LogP contribution in [0, 0.1) is 13.8 Å². The van der Waals surface area contributed by atoms with Crippen LogP contribution >= 0.6 is 23.8 Å². The number of carbonyl (C=O) groups is 2. The molecule has 1 aliphatic heterocycles. The number of anilines is 3. The minimum absolute atomic E-state index is 0.413. The number of hydrogen-bond donors (Lipinski definition) is 5. The third-order valence-corrected chi connectivity index (χ3v) is 6.03. The maximum Gasteiger partial charge on any atom is 0.225 e. The number of hydroxylamine groups is 1. The first-order valence-corrected chi connectivity index (χ1v) is 13.4. The van der Waals surface area contributed by atoms with Gasteiger partial charge in [-0.15, -0.1) is 0 Å². The van der Waals surface area contributed by atoms with E-state index in [9.17, 15) is 4.79 Å². The van der Waals surface area contributed by atoms with Crippen LogP contribution in [0.15, 0.2) is 42.9 Å². The molecule has 0 saturated carbocycles. The summed E-state index contributed by atoms with van der Waals surface area (Å²) in [6.45, 7) is 8.82. The smallest absolute Gasteiger partial charge is 0.225 e. The molecule has 1 aliphatic rings. The van der Waals surface area contributed by atoms with E-state index >= 15 is 0 Å². The number of aromatic nitrogens is 4. The topological polar surface area (TPSA) is 175 Å². The zero-order valence-electron chi connectivity index (χ0n) is 24.0. The standard InChI is InChI=1S/C24H25ClN8OS.CH5NO.CH5N.CH2O/c1-16-4-3-5-20(25)19(16)6-7-26-24(35)31-21-12-22(30-17(2)29-21)32-8-10-33(11-9-32)23-27-13-18(15-34)14-28-23;1-2-3;2*1-2/h3-7,12-15H,8-11H2,1-2H3,(H2,26,29,30,31,35);2-3H,1H3;2H2,1H3;1H2/b7-6+;;;. The lowest BCUT2D eigenvalue weighted by Gasteiger charge is -2.35. The summed E-state index contributed by atoms with van der Waals surface area (Å²) >= 11 is 11.7. The lowest BCUT2D eigenvalue weighted by atomic mass is 10.1. The summed E-state index contributed by atoms with van der Waals surface area (Å²) in [5.74, 6) is 2.70. The largest absolute Gasteiger partial charge is 0.353 e. The van der Waals surface area contributed by atoms with Crippen molar-refractivity contribution in [1.82, 2.24) is 30.7 Å². The lowest BCUT2D eigenvalue weighted by Crippen LogP contribution is -2.47. The van der Waals surface area contributed by atoms with Gasteiger partial charge in [0.05, 0.1) is 5.56 Å². The van der Waals surface area contributed by atoms with Gasteiger partial charge in [0.25, 0.3) is 0 Å². The van der Waals surface area contributed by atoms with E-state index in [1.807, 2.05) is 51.0 Å². The highest BCUT2D eigenvalue weighted by atomic mass is 35.5. The summed E-state index contributed by atoms with van der Waals surface area (Å²) in [7, 11) is 2.93. The Morgan fingerprint density at radius 3 is 2.26 bits per heavy atom. The van der Waals surface area contributed by atoms with Gasteiger partial charge in [0.2, 0.25) is 5.95 Å². The van der Waals surface area contributed by atoms with Crippen LogP contribution in [-0.4, -0.2) is 83.6 Å². The van der Waals surface area contributed by atoms with Crippen molar-refractivity contribution in [1.29, 1.82) is 0 Å². The first-order chi connectivity index (χ1) is 20.3. The summed E-state index contributed by atoms with van der Waals surface area (Å²) in [6.07, 6.45) is 7.45. The Morgan fingerprint density at radius 1 is 1.10 bits per heavy atom. The molecule has 1 fully saturated rings. The molecule has 0 spiro atoms. The molecule has 0 aliphatic carbocycles. The number of nitrogens with zero attached hydrogens (tertiary/aromatic N) is 6. The van der Waals surface area contributed by atoms with Crippen LogP contribution in [0.2, 0.25) is 5.02 Å². The average Bonchev–Trinajstić information content (AvgIpc) is 3.01. The fourth-order valence-corrected chi connectivity index (χ4v) is 4.14. The highest BCUT2D eigenvalue weighted by molar-refractivity contribution is 7.80. The van der Waals surface area contributed by atoms with E-state index in [-0.39, 0.29) is 0 Å². The van der Waals surface area contributed by atoms with Crippen LogP contribution in [-0.2, 0) is 4.79 Å². The van der Waals surface area contributed by atoms with Crippen LogP contribution < -0.4 is 31.6 Å². The van der Waals surface area contributed by atoms with Crippen molar-refractivity contribution in [2.45, 2.75) is 13.8 Å². The van der Waals surface area contributed by atoms with Gasteiger partial charge in [0, 0.05) is 62.9 Å². The molecule has 0 unspecified atom stereocenters. The zero-order chi connectivity index (χ0) is 31.5. The maximum atomic E-state index is 10.8. The SMILES string of the molecule is C=O.CN.CNO.Cc1nc(NC(=S)N/C=C/c2c(C)cccc2Cl)cc(N2CCN(c3ncc(C=O)cn3)CC2)n1. The Balaban J connectivity index is 0.00000116. The van der Waals surface area contributed by atoms with E-state index < -0.39 is 0 Å². The first-order valence-electron chi connectivity index (χ1n) is 12.6. The Morgan fingerprint density at radius 2 is 1.69 bits per heavy atom. The molecule has 13 nitrogen and oxygen atoms in total. The van der Waals surface area contributed by atoms with E-state index in [2.05, 4.69) is 46.1 Å². The van der Waals surface area contributed by atoms with Crippen LogP contribution in [0.25, 0.3) is 6.08 Å². The highest BCUT2D eigenvalue weighted by Gasteiger charge is 2.21. The third-order valence-electron chi connectivity index (χ3n) is 5.48. The van der Waals surface area contributed by atoms with Crippen molar-refractivity contribution in [2.24, 2.45) is 5.73 Å². The molecule has 0 radical (unpaired) electrons. The number of piperazine rings is 1. The Bertz CT molecular complexity index is 1270.